The molecule has 1 heterocycles. The number of anilines is 1. The zero-order chi connectivity index (χ0) is 22.6. The molecule has 1 fully saturated rings. The van der Waals surface area contributed by atoms with Gasteiger partial charge in [-0.15, -0.1) is 0 Å². The molecule has 0 bridgehead atoms. The molecule has 2 aromatic rings. The zero-order valence-electron chi connectivity index (χ0n) is 17.4. The molecule has 0 aliphatic carbocycles. The molecule has 1 saturated heterocycles. The number of nitrogens with zero attached hydrogens (tertiary/aromatic N) is 2. The van der Waals surface area contributed by atoms with Crippen LogP contribution in [0.5, 0.6) is 5.75 Å². The van der Waals surface area contributed by atoms with Crippen molar-refractivity contribution in [2.24, 2.45) is 0 Å². The molecular weight excluding hydrogens is 414 g/mol. The van der Waals surface area contributed by atoms with Crippen LogP contribution in [0.15, 0.2) is 42.5 Å². The fraction of sp³-hybridized carbons (Fsp3) is 0.409. The summed E-state index contributed by atoms with van der Waals surface area (Å²) in [6.45, 7) is 4.71. The summed E-state index contributed by atoms with van der Waals surface area (Å²) in [5.41, 5.74) is -0.291. The number of benzene rings is 2. The quantitative estimate of drug-likeness (QED) is 0.692. The third-order valence-corrected chi connectivity index (χ3v) is 5.45. The largest absolute Gasteiger partial charge is 0.494 e. The molecule has 1 atom stereocenters. The van der Waals surface area contributed by atoms with Crippen LogP contribution in [0.2, 0.25) is 0 Å². The Morgan fingerprint density at radius 2 is 1.81 bits per heavy atom. The average molecular weight is 439 g/mol. The summed E-state index contributed by atoms with van der Waals surface area (Å²) in [5, 5.41) is 2.41. The smallest absolute Gasteiger partial charge is 0.418 e. The average Bonchev–Trinajstić information content (AvgIpc) is 2.73. The van der Waals surface area contributed by atoms with E-state index in [1.165, 1.54) is 31.4 Å². The molecule has 3 rings (SSSR count). The fourth-order valence-electron chi connectivity index (χ4n) is 3.62. The number of nitrogens with one attached hydrogen (secondary N) is 1. The van der Waals surface area contributed by atoms with E-state index in [0.717, 1.165) is 11.6 Å². The van der Waals surface area contributed by atoms with Crippen molar-refractivity contribution < 1.29 is 27.1 Å². The highest BCUT2D eigenvalue weighted by Crippen LogP contribution is 2.34. The minimum atomic E-state index is -4.54. The SMILES string of the molecule is COc1ccc(CN2CCN(C(C)C(=O)Nc3ccccc3C(F)(F)F)CC2)cc1F. The summed E-state index contributed by atoms with van der Waals surface area (Å²) in [6.07, 6.45) is -4.54. The van der Waals surface area contributed by atoms with Crippen molar-refractivity contribution in [1.82, 2.24) is 9.80 Å². The second-order valence-corrected chi connectivity index (χ2v) is 7.49. The Morgan fingerprint density at radius 1 is 1.13 bits per heavy atom. The van der Waals surface area contributed by atoms with Gasteiger partial charge in [-0.1, -0.05) is 18.2 Å². The van der Waals surface area contributed by atoms with Crippen LogP contribution >= 0.6 is 0 Å². The number of para-hydroxylation sites is 1. The van der Waals surface area contributed by atoms with Crippen LogP contribution in [-0.2, 0) is 17.5 Å². The molecule has 1 aliphatic rings. The number of ether oxygens (including phenoxy) is 1. The highest BCUT2D eigenvalue weighted by molar-refractivity contribution is 5.95. The summed E-state index contributed by atoms with van der Waals surface area (Å²) in [7, 11) is 1.41. The van der Waals surface area contributed by atoms with Crippen LogP contribution in [0.3, 0.4) is 0 Å². The van der Waals surface area contributed by atoms with Gasteiger partial charge >= 0.3 is 6.18 Å². The number of hydrogen-bond donors (Lipinski definition) is 1. The first kappa shape index (κ1) is 23.0. The second kappa shape index (κ2) is 9.65. The number of carbonyl (C=O) groups excluding carboxylic acids is 1. The van der Waals surface area contributed by atoms with E-state index < -0.39 is 29.5 Å². The van der Waals surface area contributed by atoms with Crippen molar-refractivity contribution in [3.8, 4) is 5.75 Å². The number of hydrogen-bond acceptors (Lipinski definition) is 4. The maximum absolute atomic E-state index is 13.9. The van der Waals surface area contributed by atoms with Gasteiger partial charge in [0.15, 0.2) is 11.6 Å². The predicted octanol–water partition coefficient (Wildman–Crippen LogP) is 4.00. The molecule has 0 aromatic heterocycles. The lowest BCUT2D eigenvalue weighted by molar-refractivity contribution is -0.137. The minimum absolute atomic E-state index is 0.195. The van der Waals surface area contributed by atoms with Gasteiger partial charge in [0, 0.05) is 32.7 Å². The van der Waals surface area contributed by atoms with Crippen LogP contribution in [0.1, 0.15) is 18.1 Å². The Morgan fingerprint density at radius 3 is 2.42 bits per heavy atom. The Hall–Kier alpha value is -2.65. The number of alkyl halides is 3. The van der Waals surface area contributed by atoms with Gasteiger partial charge in [-0.2, -0.15) is 13.2 Å². The Kier molecular flexibility index (Phi) is 7.17. The van der Waals surface area contributed by atoms with Gasteiger partial charge in [-0.25, -0.2) is 4.39 Å². The monoisotopic (exact) mass is 439 g/mol. The lowest BCUT2D eigenvalue weighted by Gasteiger charge is -2.37. The summed E-state index contributed by atoms with van der Waals surface area (Å²) >= 11 is 0. The zero-order valence-corrected chi connectivity index (χ0v) is 17.4. The molecule has 1 unspecified atom stereocenters. The first-order valence-corrected chi connectivity index (χ1v) is 9.95. The van der Waals surface area contributed by atoms with Gasteiger partial charge in [-0.3, -0.25) is 14.6 Å². The molecule has 168 valence electrons. The van der Waals surface area contributed by atoms with Gasteiger partial charge in [0.2, 0.25) is 5.91 Å². The van der Waals surface area contributed by atoms with Crippen LogP contribution < -0.4 is 10.1 Å². The summed E-state index contributed by atoms with van der Waals surface area (Å²) in [4.78, 5) is 16.6. The molecule has 1 N–H and O–H groups in total. The van der Waals surface area contributed by atoms with Crippen LogP contribution in [0.25, 0.3) is 0 Å². The molecule has 2 aromatic carbocycles. The number of amides is 1. The Balaban J connectivity index is 1.55. The standard InChI is InChI=1S/C22H25F4N3O2/c1-15(21(30)27-19-6-4-3-5-17(19)22(24,25)26)29-11-9-28(10-12-29)14-16-7-8-20(31-2)18(23)13-16/h3-8,13,15H,9-12,14H2,1-2H3,(H,27,30). The molecule has 0 radical (unpaired) electrons. The first-order chi connectivity index (χ1) is 14.7. The van der Waals surface area contributed by atoms with Crippen LogP contribution in [0, 0.1) is 5.82 Å². The molecule has 5 nitrogen and oxygen atoms in total. The molecular formula is C22H25F4N3O2. The summed E-state index contributed by atoms with van der Waals surface area (Å²) in [5.74, 6) is -0.703. The van der Waals surface area contributed by atoms with Crippen LogP contribution in [0.4, 0.5) is 23.2 Å². The first-order valence-electron chi connectivity index (χ1n) is 9.95. The van der Waals surface area contributed by atoms with Gasteiger partial charge in [-0.05, 0) is 36.8 Å². The lowest BCUT2D eigenvalue weighted by atomic mass is 10.1. The normalized spacial score (nSPS) is 16.7. The molecule has 1 aliphatic heterocycles. The number of rotatable bonds is 6. The second-order valence-electron chi connectivity index (χ2n) is 7.49. The number of methoxy groups -OCH3 is 1. The van der Waals surface area contributed by atoms with E-state index in [0.29, 0.717) is 32.7 Å². The van der Waals surface area contributed by atoms with Crippen molar-refractivity contribution in [2.75, 3.05) is 38.6 Å². The number of carbonyl (C=O) groups is 1. The van der Waals surface area contributed by atoms with Crippen molar-refractivity contribution in [1.29, 1.82) is 0 Å². The molecule has 0 spiro atoms. The fourth-order valence-corrected chi connectivity index (χ4v) is 3.62. The molecule has 9 heteroatoms. The highest BCUT2D eigenvalue weighted by atomic mass is 19.4. The predicted molar refractivity (Wildman–Crippen MR) is 109 cm³/mol. The topological polar surface area (TPSA) is 44.8 Å². The van der Waals surface area contributed by atoms with E-state index in [4.69, 9.17) is 4.74 Å². The third kappa shape index (κ3) is 5.74. The molecule has 1 amide bonds. The maximum atomic E-state index is 13.9. The van der Waals surface area contributed by atoms with Gasteiger partial charge < -0.3 is 10.1 Å². The lowest BCUT2D eigenvalue weighted by Crippen LogP contribution is -2.52. The van der Waals surface area contributed by atoms with Gasteiger partial charge in [0.25, 0.3) is 0 Å². The highest BCUT2D eigenvalue weighted by Gasteiger charge is 2.34. The van der Waals surface area contributed by atoms with E-state index in [1.807, 2.05) is 11.0 Å². The number of piperazine rings is 1. The van der Waals surface area contributed by atoms with E-state index in [2.05, 4.69) is 10.2 Å². The van der Waals surface area contributed by atoms with Crippen molar-refractivity contribution in [3.63, 3.8) is 0 Å². The van der Waals surface area contributed by atoms with E-state index >= 15 is 0 Å². The Bertz CT molecular complexity index is 912. The number of halogens is 4. The maximum Gasteiger partial charge on any atom is 0.418 e. The Labute approximate surface area is 178 Å². The van der Waals surface area contributed by atoms with E-state index in [1.54, 1.807) is 13.0 Å². The minimum Gasteiger partial charge on any atom is -0.494 e. The van der Waals surface area contributed by atoms with Gasteiger partial charge in [0.05, 0.1) is 24.4 Å². The molecule has 0 saturated carbocycles. The van der Waals surface area contributed by atoms with Crippen molar-refractivity contribution >= 4 is 11.6 Å². The summed E-state index contributed by atoms with van der Waals surface area (Å²) < 4.78 is 58.2. The van der Waals surface area contributed by atoms with Gasteiger partial charge in [0.1, 0.15) is 0 Å². The van der Waals surface area contributed by atoms with Crippen molar-refractivity contribution in [2.45, 2.75) is 25.7 Å². The van der Waals surface area contributed by atoms with E-state index in [9.17, 15) is 22.4 Å². The summed E-state index contributed by atoms with van der Waals surface area (Å²) in [6, 6.07) is 9.20. The van der Waals surface area contributed by atoms with E-state index in [-0.39, 0.29) is 11.4 Å². The van der Waals surface area contributed by atoms with Crippen LogP contribution in [-0.4, -0.2) is 55.0 Å². The van der Waals surface area contributed by atoms with Crippen molar-refractivity contribution in [3.05, 3.63) is 59.4 Å². The molecule has 31 heavy (non-hydrogen) atoms. The third-order valence-electron chi connectivity index (χ3n) is 5.45.